The van der Waals surface area contributed by atoms with Gasteiger partial charge in [-0.15, -0.1) is 0 Å². The van der Waals surface area contributed by atoms with E-state index in [1.165, 1.54) is 5.56 Å². The molecule has 1 aliphatic heterocycles. The van der Waals surface area contributed by atoms with Crippen LogP contribution in [0.4, 0.5) is 0 Å². The number of rotatable bonds is 1. The molecule has 2 N–H and O–H groups in total. The third-order valence-electron chi connectivity index (χ3n) is 3.52. The smallest absolute Gasteiger partial charge is 0.152 e. The Morgan fingerprint density at radius 3 is 2.78 bits per heavy atom. The zero-order chi connectivity index (χ0) is 12.7. The summed E-state index contributed by atoms with van der Waals surface area (Å²) in [6.45, 7) is 3.03. The highest BCUT2D eigenvalue weighted by molar-refractivity contribution is 6.30. The fourth-order valence-corrected chi connectivity index (χ4v) is 2.87. The van der Waals surface area contributed by atoms with Crippen molar-refractivity contribution < 1.29 is 0 Å². The van der Waals surface area contributed by atoms with Gasteiger partial charge in [-0.3, -0.25) is 0 Å². The molecule has 1 unspecified atom stereocenters. The molecule has 0 saturated carbocycles. The van der Waals surface area contributed by atoms with E-state index < -0.39 is 0 Å². The lowest BCUT2D eigenvalue weighted by atomic mass is 10.1. The molecule has 1 aliphatic rings. The maximum Gasteiger partial charge on any atom is 0.152 e. The lowest BCUT2D eigenvalue weighted by molar-refractivity contribution is 0.466. The van der Waals surface area contributed by atoms with E-state index in [1.807, 2.05) is 0 Å². The molecule has 1 aromatic carbocycles. The van der Waals surface area contributed by atoms with Crippen molar-refractivity contribution in [3.63, 3.8) is 0 Å². The Kier molecular flexibility index (Phi) is 2.88. The molecular formula is C14H16ClN3. The van der Waals surface area contributed by atoms with Crippen LogP contribution in [-0.2, 0) is 6.54 Å². The first-order valence-electron chi connectivity index (χ1n) is 6.25. The topological polar surface area (TPSA) is 43.8 Å². The summed E-state index contributed by atoms with van der Waals surface area (Å²) >= 11 is 6.23. The third-order valence-corrected chi connectivity index (χ3v) is 3.80. The highest BCUT2D eigenvalue weighted by Gasteiger charge is 2.25. The van der Waals surface area contributed by atoms with Crippen LogP contribution in [0.25, 0.3) is 11.4 Å². The van der Waals surface area contributed by atoms with Gasteiger partial charge in [-0.05, 0) is 19.8 Å². The highest BCUT2D eigenvalue weighted by atomic mass is 35.5. The number of nitrogens with two attached hydrogens (primary N) is 1. The molecule has 1 atom stereocenters. The zero-order valence-electron chi connectivity index (χ0n) is 10.4. The number of benzene rings is 1. The molecule has 0 aliphatic carbocycles. The lowest BCUT2D eigenvalue weighted by Gasteiger charge is -2.22. The summed E-state index contributed by atoms with van der Waals surface area (Å²) in [6.07, 6.45) is 2.07. The molecule has 94 valence electrons. The first kappa shape index (κ1) is 11.8. The van der Waals surface area contributed by atoms with Gasteiger partial charge in [0.25, 0.3) is 0 Å². The largest absolute Gasteiger partial charge is 0.325 e. The minimum atomic E-state index is 0.0120. The second kappa shape index (κ2) is 4.41. The number of hydrogen-bond acceptors (Lipinski definition) is 2. The minimum absolute atomic E-state index is 0.0120. The Bertz CT molecular complexity index is 571. The molecule has 3 rings (SSSR count). The van der Waals surface area contributed by atoms with Gasteiger partial charge in [-0.2, -0.15) is 0 Å². The SMILES string of the molecule is Cc1ccc(-c2nc(Cl)c3n2CCCC3N)cc1. The monoisotopic (exact) mass is 261 g/mol. The number of aromatic nitrogens is 2. The van der Waals surface area contributed by atoms with Crippen molar-refractivity contribution in [2.24, 2.45) is 5.73 Å². The molecule has 18 heavy (non-hydrogen) atoms. The number of aryl methyl sites for hydroxylation is 1. The van der Waals surface area contributed by atoms with Crippen molar-refractivity contribution in [2.45, 2.75) is 32.4 Å². The maximum absolute atomic E-state index is 6.23. The molecule has 3 nitrogen and oxygen atoms in total. The fraction of sp³-hybridized carbons (Fsp3) is 0.357. The predicted octanol–water partition coefficient (Wildman–Crippen LogP) is 3.31. The van der Waals surface area contributed by atoms with Crippen molar-refractivity contribution in [1.29, 1.82) is 0 Å². The van der Waals surface area contributed by atoms with E-state index in [-0.39, 0.29) is 6.04 Å². The van der Waals surface area contributed by atoms with Gasteiger partial charge in [0.2, 0.25) is 0 Å². The Hall–Kier alpha value is -1.32. The normalized spacial score (nSPS) is 18.7. The Morgan fingerprint density at radius 1 is 1.33 bits per heavy atom. The van der Waals surface area contributed by atoms with Gasteiger partial charge < -0.3 is 10.3 Å². The van der Waals surface area contributed by atoms with Crippen LogP contribution in [0.3, 0.4) is 0 Å². The molecule has 0 bridgehead atoms. The predicted molar refractivity (Wildman–Crippen MR) is 73.6 cm³/mol. The number of hydrogen-bond donors (Lipinski definition) is 1. The molecule has 0 spiro atoms. The summed E-state index contributed by atoms with van der Waals surface area (Å²) in [4.78, 5) is 4.49. The molecule has 0 amide bonds. The van der Waals surface area contributed by atoms with Crippen molar-refractivity contribution in [3.8, 4) is 11.4 Å². The van der Waals surface area contributed by atoms with Crippen LogP contribution in [-0.4, -0.2) is 9.55 Å². The van der Waals surface area contributed by atoms with Crippen molar-refractivity contribution in [3.05, 3.63) is 40.7 Å². The molecule has 0 radical (unpaired) electrons. The molecule has 2 aromatic rings. The molecular weight excluding hydrogens is 246 g/mol. The summed E-state index contributed by atoms with van der Waals surface area (Å²) in [5, 5.41) is 0.553. The number of fused-ring (bicyclic) bond motifs is 1. The Balaban J connectivity index is 2.13. The first-order chi connectivity index (χ1) is 8.66. The van der Waals surface area contributed by atoms with Gasteiger partial charge in [0, 0.05) is 18.2 Å². The lowest BCUT2D eigenvalue weighted by Crippen LogP contribution is -2.22. The molecule has 2 heterocycles. The molecule has 0 fully saturated rings. The molecule has 0 saturated heterocycles. The zero-order valence-corrected chi connectivity index (χ0v) is 11.1. The van der Waals surface area contributed by atoms with Crippen LogP contribution in [0, 0.1) is 6.92 Å². The van der Waals surface area contributed by atoms with Crippen LogP contribution in [0.1, 0.15) is 30.1 Å². The maximum atomic E-state index is 6.23. The Morgan fingerprint density at radius 2 is 2.06 bits per heavy atom. The third kappa shape index (κ3) is 1.84. The summed E-state index contributed by atoms with van der Waals surface area (Å²) in [7, 11) is 0. The van der Waals surface area contributed by atoms with Gasteiger partial charge in [-0.1, -0.05) is 41.4 Å². The second-order valence-corrected chi connectivity index (χ2v) is 5.24. The van der Waals surface area contributed by atoms with Crippen molar-refractivity contribution >= 4 is 11.6 Å². The van der Waals surface area contributed by atoms with E-state index in [4.69, 9.17) is 17.3 Å². The van der Waals surface area contributed by atoms with Gasteiger partial charge in [0.1, 0.15) is 5.82 Å². The van der Waals surface area contributed by atoms with Gasteiger partial charge in [0.15, 0.2) is 5.15 Å². The number of imidazole rings is 1. The first-order valence-corrected chi connectivity index (χ1v) is 6.63. The van der Waals surface area contributed by atoms with Crippen LogP contribution < -0.4 is 5.73 Å². The van der Waals surface area contributed by atoms with Crippen molar-refractivity contribution in [2.75, 3.05) is 0 Å². The fourth-order valence-electron chi connectivity index (χ4n) is 2.54. The van der Waals surface area contributed by atoms with Crippen LogP contribution in [0.15, 0.2) is 24.3 Å². The number of nitrogens with zero attached hydrogens (tertiary/aromatic N) is 2. The van der Waals surface area contributed by atoms with E-state index in [9.17, 15) is 0 Å². The molecule has 4 heteroatoms. The second-order valence-electron chi connectivity index (χ2n) is 4.88. The van der Waals surface area contributed by atoms with E-state index in [2.05, 4.69) is 40.7 Å². The summed E-state index contributed by atoms with van der Waals surface area (Å²) in [5.74, 6) is 0.935. The summed E-state index contributed by atoms with van der Waals surface area (Å²) in [5.41, 5.74) is 9.44. The van der Waals surface area contributed by atoms with Crippen molar-refractivity contribution in [1.82, 2.24) is 9.55 Å². The minimum Gasteiger partial charge on any atom is -0.325 e. The van der Waals surface area contributed by atoms with Crippen LogP contribution in [0.2, 0.25) is 5.15 Å². The average molecular weight is 262 g/mol. The van der Waals surface area contributed by atoms with Gasteiger partial charge in [-0.25, -0.2) is 4.98 Å². The molecule has 1 aromatic heterocycles. The summed E-state index contributed by atoms with van der Waals surface area (Å²) < 4.78 is 2.17. The van der Waals surface area contributed by atoms with E-state index in [0.29, 0.717) is 5.15 Å². The van der Waals surface area contributed by atoms with E-state index in [1.54, 1.807) is 0 Å². The Labute approximate surface area is 112 Å². The average Bonchev–Trinajstić information content (AvgIpc) is 2.69. The summed E-state index contributed by atoms with van der Waals surface area (Å²) in [6, 6.07) is 8.36. The van der Waals surface area contributed by atoms with Gasteiger partial charge >= 0.3 is 0 Å². The quantitative estimate of drug-likeness (QED) is 0.856. The highest BCUT2D eigenvalue weighted by Crippen LogP contribution is 2.34. The van der Waals surface area contributed by atoms with Crippen LogP contribution in [0.5, 0.6) is 0 Å². The standard InChI is InChI=1S/C14H16ClN3/c1-9-4-6-10(7-5-9)14-17-13(15)12-11(16)3-2-8-18(12)14/h4-7,11H,2-3,8,16H2,1H3. The van der Waals surface area contributed by atoms with Gasteiger partial charge in [0.05, 0.1) is 5.69 Å². The van der Waals surface area contributed by atoms with E-state index in [0.717, 1.165) is 36.5 Å². The van der Waals surface area contributed by atoms with Crippen LogP contribution >= 0.6 is 11.6 Å². The van der Waals surface area contributed by atoms with E-state index >= 15 is 0 Å². The number of halogens is 1.